The summed E-state index contributed by atoms with van der Waals surface area (Å²) in [5.41, 5.74) is 1.85. The van der Waals surface area contributed by atoms with Gasteiger partial charge in [-0.2, -0.15) is 18.3 Å². The highest BCUT2D eigenvalue weighted by atomic mass is 19.4. The average Bonchev–Trinajstić information content (AvgIpc) is 3.49. The number of methoxy groups -OCH3 is 1. The van der Waals surface area contributed by atoms with Crippen LogP contribution in [0.3, 0.4) is 0 Å². The summed E-state index contributed by atoms with van der Waals surface area (Å²) >= 11 is 0. The molecule has 4 aromatic heterocycles. The number of nitrogens with zero attached hydrogens (tertiary/aromatic N) is 7. The molecule has 4 aromatic rings. The van der Waals surface area contributed by atoms with E-state index in [4.69, 9.17) is 9.72 Å². The quantitative estimate of drug-likeness (QED) is 0.406. The summed E-state index contributed by atoms with van der Waals surface area (Å²) in [7, 11) is 1.67. The van der Waals surface area contributed by atoms with Gasteiger partial charge in [0.25, 0.3) is 0 Å². The summed E-state index contributed by atoms with van der Waals surface area (Å²) in [4.78, 5) is 15.6. The van der Waals surface area contributed by atoms with Crippen LogP contribution in [0, 0.1) is 5.92 Å². The van der Waals surface area contributed by atoms with Crippen LogP contribution in [0.25, 0.3) is 17.0 Å². The van der Waals surface area contributed by atoms with E-state index < -0.39 is 11.7 Å². The second-order valence-electron chi connectivity index (χ2n) is 9.00. The van der Waals surface area contributed by atoms with E-state index in [2.05, 4.69) is 33.1 Å². The lowest BCUT2D eigenvalue weighted by atomic mass is 9.87. The van der Waals surface area contributed by atoms with E-state index in [1.165, 1.54) is 16.7 Å². The molecule has 0 aliphatic carbocycles. The van der Waals surface area contributed by atoms with Gasteiger partial charge in [-0.25, -0.2) is 15.0 Å². The van der Waals surface area contributed by atoms with E-state index >= 15 is 0 Å². The first kappa shape index (κ1) is 23.3. The smallest absolute Gasteiger partial charge is 0.383 e. The molecule has 11 heteroatoms. The molecule has 184 valence electrons. The molecule has 0 amide bonds. The largest absolute Gasteiger partial charge is 0.417 e. The fourth-order valence-corrected chi connectivity index (χ4v) is 4.64. The number of rotatable bonds is 6. The molecule has 1 fully saturated rings. The van der Waals surface area contributed by atoms with Crippen molar-refractivity contribution in [2.45, 2.75) is 32.0 Å². The topological polar surface area (TPSA) is 73.4 Å². The Balaban J connectivity index is 1.42. The van der Waals surface area contributed by atoms with Crippen LogP contribution in [-0.2, 0) is 17.5 Å². The number of imidazole rings is 1. The monoisotopic (exact) mass is 485 g/mol. The summed E-state index contributed by atoms with van der Waals surface area (Å²) in [6, 6.07) is 4.08. The number of halogens is 3. The first-order valence-corrected chi connectivity index (χ1v) is 11.5. The van der Waals surface area contributed by atoms with Crippen LogP contribution in [0.1, 0.15) is 30.4 Å². The summed E-state index contributed by atoms with van der Waals surface area (Å²) < 4.78 is 48.2. The van der Waals surface area contributed by atoms with Crippen LogP contribution in [0.15, 0.2) is 49.2 Å². The Morgan fingerprint density at radius 3 is 2.74 bits per heavy atom. The Morgan fingerprint density at radius 1 is 1.09 bits per heavy atom. The van der Waals surface area contributed by atoms with E-state index in [9.17, 15) is 13.2 Å². The fourth-order valence-electron chi connectivity index (χ4n) is 4.64. The van der Waals surface area contributed by atoms with Crippen molar-refractivity contribution in [2.24, 2.45) is 5.92 Å². The predicted molar refractivity (Wildman–Crippen MR) is 124 cm³/mol. The maximum atomic E-state index is 13.3. The molecule has 5 rings (SSSR count). The molecule has 35 heavy (non-hydrogen) atoms. The second-order valence-corrected chi connectivity index (χ2v) is 9.00. The maximum absolute atomic E-state index is 13.3. The molecule has 0 saturated carbocycles. The Morgan fingerprint density at radius 2 is 1.94 bits per heavy atom. The molecule has 1 saturated heterocycles. The molecule has 0 N–H and O–H groups in total. The molecule has 5 heterocycles. The van der Waals surface area contributed by atoms with Crippen molar-refractivity contribution in [1.82, 2.24) is 29.1 Å². The molecule has 1 aliphatic heterocycles. The van der Waals surface area contributed by atoms with E-state index in [-0.39, 0.29) is 5.92 Å². The lowest BCUT2D eigenvalue weighted by molar-refractivity contribution is -0.137. The summed E-state index contributed by atoms with van der Waals surface area (Å²) in [5.74, 6) is 1.23. The van der Waals surface area contributed by atoms with Gasteiger partial charge < -0.3 is 9.64 Å². The Labute approximate surface area is 200 Å². The first-order chi connectivity index (χ1) is 16.8. The molecule has 0 aromatic carbocycles. The highest BCUT2D eigenvalue weighted by Gasteiger charge is 2.31. The maximum Gasteiger partial charge on any atom is 0.417 e. The van der Waals surface area contributed by atoms with Gasteiger partial charge in [0.2, 0.25) is 5.95 Å². The number of ether oxygens (including phenoxy) is 1. The van der Waals surface area contributed by atoms with Crippen LogP contribution < -0.4 is 4.90 Å². The molecule has 0 unspecified atom stereocenters. The third-order valence-corrected chi connectivity index (χ3v) is 6.33. The van der Waals surface area contributed by atoms with E-state index in [1.54, 1.807) is 19.4 Å². The lowest BCUT2D eigenvalue weighted by Gasteiger charge is -2.36. The number of piperidine rings is 1. The number of hydrogen-bond acceptors (Lipinski definition) is 6. The third kappa shape index (κ3) is 4.86. The van der Waals surface area contributed by atoms with Crippen LogP contribution >= 0.6 is 0 Å². The highest BCUT2D eigenvalue weighted by Crippen LogP contribution is 2.33. The molecule has 1 aliphatic rings. The second kappa shape index (κ2) is 9.29. The number of hydrogen-bond donors (Lipinski definition) is 0. The Kier molecular flexibility index (Phi) is 6.18. The standard InChI is InChI=1S/C24H26F3N7O/c1-16-9-17(18-10-30-33(14-18)7-8-35-2)13-32(12-16)23-28-6-5-20(31-23)21-11-29-22-4-3-19(15-34(21)22)24(25,26)27/h3-6,10-11,14-17H,7-9,12-13H2,1-2H3/t16-,17-/m0/s1. The van der Waals surface area contributed by atoms with Crippen molar-refractivity contribution in [3.63, 3.8) is 0 Å². The summed E-state index contributed by atoms with van der Waals surface area (Å²) in [6.45, 7) is 5.02. The number of anilines is 1. The van der Waals surface area contributed by atoms with Crippen molar-refractivity contribution in [3.05, 3.63) is 60.3 Å². The minimum Gasteiger partial charge on any atom is -0.383 e. The van der Waals surface area contributed by atoms with Gasteiger partial charge >= 0.3 is 6.18 Å². The molecule has 8 nitrogen and oxygen atoms in total. The third-order valence-electron chi connectivity index (χ3n) is 6.33. The van der Waals surface area contributed by atoms with E-state index in [0.29, 0.717) is 42.1 Å². The average molecular weight is 486 g/mol. The van der Waals surface area contributed by atoms with Crippen LogP contribution in [0.5, 0.6) is 0 Å². The zero-order valence-corrected chi connectivity index (χ0v) is 19.5. The number of fused-ring (bicyclic) bond motifs is 1. The molecule has 0 spiro atoms. The Hall–Kier alpha value is -3.47. The zero-order chi connectivity index (χ0) is 24.6. The minimum absolute atomic E-state index is 0.271. The fraction of sp³-hybridized carbons (Fsp3) is 0.417. The molecule has 0 radical (unpaired) electrons. The van der Waals surface area contributed by atoms with Crippen molar-refractivity contribution >= 4 is 11.6 Å². The van der Waals surface area contributed by atoms with E-state index in [1.807, 2.05) is 10.9 Å². The minimum atomic E-state index is -4.44. The van der Waals surface area contributed by atoms with Crippen LogP contribution in [0.4, 0.5) is 19.1 Å². The van der Waals surface area contributed by atoms with Gasteiger partial charge in [0, 0.05) is 44.7 Å². The molecular weight excluding hydrogens is 459 g/mol. The number of pyridine rings is 1. The predicted octanol–water partition coefficient (Wildman–Crippen LogP) is 4.28. The highest BCUT2D eigenvalue weighted by molar-refractivity contribution is 5.61. The van der Waals surface area contributed by atoms with Crippen molar-refractivity contribution < 1.29 is 17.9 Å². The Bertz CT molecular complexity index is 1320. The van der Waals surface area contributed by atoms with Crippen LogP contribution in [-0.4, -0.2) is 55.9 Å². The van der Waals surface area contributed by atoms with Gasteiger partial charge in [-0.1, -0.05) is 6.92 Å². The van der Waals surface area contributed by atoms with E-state index in [0.717, 1.165) is 37.3 Å². The molecule has 2 atom stereocenters. The van der Waals surface area contributed by atoms with Crippen molar-refractivity contribution in [2.75, 3.05) is 31.7 Å². The van der Waals surface area contributed by atoms with Gasteiger partial charge in [0.1, 0.15) is 5.65 Å². The van der Waals surface area contributed by atoms with Gasteiger partial charge in [-0.15, -0.1) is 0 Å². The lowest BCUT2D eigenvalue weighted by Crippen LogP contribution is -2.39. The number of alkyl halides is 3. The van der Waals surface area contributed by atoms with Gasteiger partial charge in [0.05, 0.1) is 42.5 Å². The van der Waals surface area contributed by atoms with Crippen molar-refractivity contribution in [1.29, 1.82) is 0 Å². The number of aromatic nitrogens is 6. The molecular formula is C24H26F3N7O. The van der Waals surface area contributed by atoms with Gasteiger partial charge in [-0.05, 0) is 36.1 Å². The first-order valence-electron chi connectivity index (χ1n) is 11.5. The molecule has 0 bridgehead atoms. The zero-order valence-electron chi connectivity index (χ0n) is 19.5. The SMILES string of the molecule is COCCn1cc([C@H]2C[C@H](C)CN(c3nccc(-c4cnc5ccc(C(F)(F)F)cn45)n3)C2)cn1. The van der Waals surface area contributed by atoms with Gasteiger partial charge in [-0.3, -0.25) is 9.08 Å². The normalized spacial score (nSPS) is 18.9. The van der Waals surface area contributed by atoms with Crippen LogP contribution in [0.2, 0.25) is 0 Å². The summed E-state index contributed by atoms with van der Waals surface area (Å²) in [6.07, 6.45) is 4.79. The summed E-state index contributed by atoms with van der Waals surface area (Å²) in [5, 5.41) is 4.45. The van der Waals surface area contributed by atoms with Crippen molar-refractivity contribution in [3.8, 4) is 11.4 Å². The van der Waals surface area contributed by atoms with Gasteiger partial charge in [0.15, 0.2) is 0 Å².